The Labute approximate surface area is 106 Å². The van der Waals surface area contributed by atoms with E-state index in [0.29, 0.717) is 12.1 Å². The van der Waals surface area contributed by atoms with Crippen LogP contribution in [0.5, 0.6) is 0 Å². The maximum absolute atomic E-state index is 4.28. The van der Waals surface area contributed by atoms with Crippen molar-refractivity contribution in [2.75, 3.05) is 0 Å². The molecule has 2 rings (SSSR count). The predicted molar refractivity (Wildman–Crippen MR) is 71.1 cm³/mol. The van der Waals surface area contributed by atoms with Gasteiger partial charge in [-0.25, -0.2) is 4.98 Å². The number of pyridine rings is 1. The molecular formula is C13H17N3S. The number of aromatic nitrogens is 2. The van der Waals surface area contributed by atoms with Gasteiger partial charge in [-0.15, -0.1) is 11.3 Å². The van der Waals surface area contributed by atoms with Crippen LogP contribution in [-0.2, 0) is 0 Å². The summed E-state index contributed by atoms with van der Waals surface area (Å²) in [5, 5.41) is 3.57. The first-order valence-electron chi connectivity index (χ1n) is 5.74. The van der Waals surface area contributed by atoms with Crippen LogP contribution in [0.2, 0.25) is 0 Å². The van der Waals surface area contributed by atoms with Gasteiger partial charge in [0.15, 0.2) is 0 Å². The van der Waals surface area contributed by atoms with Gasteiger partial charge in [-0.05, 0) is 32.4 Å². The lowest BCUT2D eigenvalue weighted by Crippen LogP contribution is -2.22. The molecule has 0 radical (unpaired) electrons. The van der Waals surface area contributed by atoms with E-state index in [4.69, 9.17) is 0 Å². The minimum Gasteiger partial charge on any atom is -0.303 e. The van der Waals surface area contributed by atoms with E-state index in [1.54, 1.807) is 17.5 Å². The number of hydrogen-bond donors (Lipinski definition) is 1. The number of nitrogens with one attached hydrogen (secondary N) is 1. The molecule has 1 N–H and O–H groups in total. The van der Waals surface area contributed by atoms with Gasteiger partial charge in [-0.1, -0.05) is 6.07 Å². The molecule has 2 heterocycles. The predicted octanol–water partition coefficient (Wildman–Crippen LogP) is 3.26. The summed E-state index contributed by atoms with van der Waals surface area (Å²) in [4.78, 5) is 9.73. The van der Waals surface area contributed by atoms with Crippen molar-refractivity contribution in [2.24, 2.45) is 0 Å². The van der Waals surface area contributed by atoms with Gasteiger partial charge in [0.05, 0.1) is 11.2 Å². The molecule has 0 fully saturated rings. The smallest absolute Gasteiger partial charge is 0.0798 e. The lowest BCUT2D eigenvalue weighted by Gasteiger charge is -2.19. The SMILES string of the molecule is Cc1ncsc1C(C)N[C@@H](C)c1cccnc1. The molecular weight excluding hydrogens is 230 g/mol. The third-order valence-electron chi connectivity index (χ3n) is 2.86. The van der Waals surface area contributed by atoms with E-state index in [2.05, 4.69) is 42.1 Å². The zero-order valence-corrected chi connectivity index (χ0v) is 11.2. The summed E-state index contributed by atoms with van der Waals surface area (Å²) < 4.78 is 0. The van der Waals surface area contributed by atoms with Crippen LogP contribution in [0.15, 0.2) is 30.0 Å². The van der Waals surface area contributed by atoms with Crippen molar-refractivity contribution in [1.29, 1.82) is 0 Å². The van der Waals surface area contributed by atoms with E-state index in [0.717, 1.165) is 5.69 Å². The number of hydrogen-bond acceptors (Lipinski definition) is 4. The molecule has 90 valence electrons. The van der Waals surface area contributed by atoms with Crippen LogP contribution in [0.4, 0.5) is 0 Å². The summed E-state index contributed by atoms with van der Waals surface area (Å²) in [5.41, 5.74) is 4.23. The van der Waals surface area contributed by atoms with Crippen LogP contribution in [-0.4, -0.2) is 9.97 Å². The minimum absolute atomic E-state index is 0.292. The Balaban J connectivity index is 2.05. The molecule has 2 atom stereocenters. The van der Waals surface area contributed by atoms with Crippen LogP contribution in [0.1, 0.15) is 42.1 Å². The van der Waals surface area contributed by atoms with E-state index < -0.39 is 0 Å². The first-order valence-corrected chi connectivity index (χ1v) is 6.62. The van der Waals surface area contributed by atoms with Gasteiger partial charge >= 0.3 is 0 Å². The largest absolute Gasteiger partial charge is 0.303 e. The second kappa shape index (κ2) is 5.38. The van der Waals surface area contributed by atoms with Crippen molar-refractivity contribution in [3.63, 3.8) is 0 Å². The summed E-state index contributed by atoms with van der Waals surface area (Å²) in [6.07, 6.45) is 3.71. The zero-order valence-electron chi connectivity index (χ0n) is 10.3. The number of rotatable bonds is 4. The van der Waals surface area contributed by atoms with E-state index in [9.17, 15) is 0 Å². The Morgan fingerprint density at radius 1 is 1.29 bits per heavy atom. The molecule has 2 aromatic rings. The molecule has 0 saturated carbocycles. The molecule has 1 unspecified atom stereocenters. The highest BCUT2D eigenvalue weighted by atomic mass is 32.1. The Morgan fingerprint density at radius 2 is 2.12 bits per heavy atom. The lowest BCUT2D eigenvalue weighted by atomic mass is 10.1. The minimum atomic E-state index is 0.292. The number of aryl methyl sites for hydroxylation is 1. The van der Waals surface area contributed by atoms with Crippen LogP contribution in [0, 0.1) is 6.92 Å². The Bertz CT molecular complexity index is 467. The highest BCUT2D eigenvalue weighted by Gasteiger charge is 2.14. The molecule has 0 aromatic carbocycles. The van der Waals surface area contributed by atoms with Gasteiger partial charge in [-0.2, -0.15) is 0 Å². The zero-order chi connectivity index (χ0) is 12.3. The molecule has 0 saturated heterocycles. The molecule has 17 heavy (non-hydrogen) atoms. The van der Waals surface area contributed by atoms with E-state index in [-0.39, 0.29) is 0 Å². The van der Waals surface area contributed by atoms with Crippen molar-refractivity contribution < 1.29 is 0 Å². The molecule has 4 heteroatoms. The summed E-state index contributed by atoms with van der Waals surface area (Å²) in [5.74, 6) is 0. The van der Waals surface area contributed by atoms with E-state index in [1.807, 2.05) is 17.8 Å². The summed E-state index contributed by atoms with van der Waals surface area (Å²) in [6, 6.07) is 4.67. The van der Waals surface area contributed by atoms with Gasteiger partial charge in [0.25, 0.3) is 0 Å². The van der Waals surface area contributed by atoms with Crippen LogP contribution < -0.4 is 5.32 Å². The fraction of sp³-hybridized carbons (Fsp3) is 0.385. The Kier molecular flexibility index (Phi) is 3.86. The van der Waals surface area contributed by atoms with Gasteiger partial charge < -0.3 is 5.32 Å². The first-order chi connectivity index (χ1) is 8.18. The first kappa shape index (κ1) is 12.2. The maximum Gasteiger partial charge on any atom is 0.0798 e. The lowest BCUT2D eigenvalue weighted by molar-refractivity contribution is 0.497. The average molecular weight is 247 g/mol. The van der Waals surface area contributed by atoms with Crippen LogP contribution in [0.25, 0.3) is 0 Å². The summed E-state index contributed by atoms with van der Waals surface area (Å²) in [7, 11) is 0. The van der Waals surface area contributed by atoms with Gasteiger partial charge in [0, 0.05) is 29.4 Å². The van der Waals surface area contributed by atoms with E-state index >= 15 is 0 Å². The molecule has 0 amide bonds. The molecule has 0 spiro atoms. The van der Waals surface area contributed by atoms with Crippen LogP contribution in [0.3, 0.4) is 0 Å². The number of nitrogens with zero attached hydrogens (tertiary/aromatic N) is 2. The third kappa shape index (κ3) is 2.90. The van der Waals surface area contributed by atoms with Crippen molar-refractivity contribution in [3.8, 4) is 0 Å². The van der Waals surface area contributed by atoms with Gasteiger partial charge in [0.1, 0.15) is 0 Å². The van der Waals surface area contributed by atoms with Crippen molar-refractivity contribution in [1.82, 2.24) is 15.3 Å². The third-order valence-corrected chi connectivity index (χ3v) is 3.97. The van der Waals surface area contributed by atoms with Gasteiger partial charge in [0.2, 0.25) is 0 Å². The fourth-order valence-corrected chi connectivity index (χ4v) is 2.73. The fourth-order valence-electron chi connectivity index (χ4n) is 1.91. The molecule has 0 aliphatic heterocycles. The van der Waals surface area contributed by atoms with E-state index in [1.165, 1.54) is 10.4 Å². The average Bonchev–Trinajstić information content (AvgIpc) is 2.76. The molecule has 0 bridgehead atoms. The Hall–Kier alpha value is -1.26. The second-order valence-electron chi connectivity index (χ2n) is 4.20. The molecule has 0 aliphatic rings. The monoisotopic (exact) mass is 247 g/mol. The highest BCUT2D eigenvalue weighted by molar-refractivity contribution is 7.09. The quantitative estimate of drug-likeness (QED) is 0.901. The summed E-state index contributed by atoms with van der Waals surface area (Å²) in [6.45, 7) is 6.38. The second-order valence-corrected chi connectivity index (χ2v) is 5.08. The van der Waals surface area contributed by atoms with Crippen molar-refractivity contribution >= 4 is 11.3 Å². The van der Waals surface area contributed by atoms with Crippen molar-refractivity contribution in [3.05, 3.63) is 46.2 Å². The van der Waals surface area contributed by atoms with Crippen molar-refractivity contribution in [2.45, 2.75) is 32.9 Å². The highest BCUT2D eigenvalue weighted by Crippen LogP contribution is 2.24. The molecule has 3 nitrogen and oxygen atoms in total. The standard InChI is InChI=1S/C13H17N3S/c1-9(12-5-4-6-14-7-12)16-11(3)13-10(2)15-8-17-13/h4-9,11,16H,1-3H3/t9-,11?/m0/s1. The number of thiazole rings is 1. The maximum atomic E-state index is 4.28. The topological polar surface area (TPSA) is 37.8 Å². The Morgan fingerprint density at radius 3 is 2.71 bits per heavy atom. The van der Waals surface area contributed by atoms with Crippen LogP contribution >= 0.6 is 11.3 Å². The van der Waals surface area contributed by atoms with Gasteiger partial charge in [-0.3, -0.25) is 4.98 Å². The molecule has 2 aromatic heterocycles. The summed E-state index contributed by atoms with van der Waals surface area (Å²) >= 11 is 1.71. The normalized spacial score (nSPS) is 14.5. The molecule has 0 aliphatic carbocycles.